The van der Waals surface area contributed by atoms with Crippen molar-refractivity contribution in [2.24, 2.45) is 5.92 Å². The maximum absolute atomic E-state index is 13.8. The van der Waals surface area contributed by atoms with Crippen LogP contribution in [0.1, 0.15) is 18.4 Å². The molecule has 3 nitrogen and oxygen atoms in total. The maximum Gasteiger partial charge on any atom is 0.147 e. The van der Waals surface area contributed by atoms with E-state index in [1.807, 2.05) is 11.0 Å². The van der Waals surface area contributed by atoms with E-state index >= 15 is 0 Å². The van der Waals surface area contributed by atoms with Gasteiger partial charge in [0.2, 0.25) is 0 Å². The van der Waals surface area contributed by atoms with Crippen molar-refractivity contribution in [3.8, 4) is 6.07 Å². The zero-order chi connectivity index (χ0) is 12.3. The number of nitrogens with zero attached hydrogens (tertiary/aromatic N) is 2. The van der Waals surface area contributed by atoms with Crippen molar-refractivity contribution in [3.63, 3.8) is 0 Å². The second-order valence-electron chi connectivity index (χ2n) is 4.41. The largest absolute Gasteiger partial charge is 0.396 e. The maximum atomic E-state index is 13.8. The normalized spacial score (nSPS) is 20.1. The van der Waals surface area contributed by atoms with E-state index in [2.05, 4.69) is 0 Å². The Balaban J connectivity index is 2.19. The molecule has 0 radical (unpaired) electrons. The first-order chi connectivity index (χ1) is 8.24. The van der Waals surface area contributed by atoms with E-state index in [0.29, 0.717) is 17.8 Å². The second kappa shape index (κ2) is 5.15. The van der Waals surface area contributed by atoms with E-state index in [1.165, 1.54) is 6.07 Å². The van der Waals surface area contributed by atoms with Crippen LogP contribution in [0.5, 0.6) is 0 Å². The highest BCUT2D eigenvalue weighted by molar-refractivity contribution is 5.51. The van der Waals surface area contributed by atoms with Gasteiger partial charge < -0.3 is 10.0 Å². The van der Waals surface area contributed by atoms with E-state index in [9.17, 15) is 4.39 Å². The Hall–Kier alpha value is -1.60. The highest BCUT2D eigenvalue weighted by Crippen LogP contribution is 2.26. The molecule has 0 aromatic heterocycles. The summed E-state index contributed by atoms with van der Waals surface area (Å²) in [4.78, 5) is 1.95. The van der Waals surface area contributed by atoms with E-state index in [-0.39, 0.29) is 18.3 Å². The zero-order valence-electron chi connectivity index (χ0n) is 9.56. The molecule has 1 atom stereocenters. The lowest BCUT2D eigenvalue weighted by Crippen LogP contribution is -2.37. The zero-order valence-corrected chi connectivity index (χ0v) is 9.56. The molecule has 2 rings (SSSR count). The van der Waals surface area contributed by atoms with Gasteiger partial charge in [0, 0.05) is 19.7 Å². The average Bonchev–Trinajstić information content (AvgIpc) is 2.38. The summed E-state index contributed by atoms with van der Waals surface area (Å²) in [6.07, 6.45) is 1.95. The van der Waals surface area contributed by atoms with Gasteiger partial charge in [-0.25, -0.2) is 4.39 Å². The molecule has 1 aromatic rings. The van der Waals surface area contributed by atoms with Crippen LogP contribution in [-0.4, -0.2) is 24.8 Å². The Morgan fingerprint density at radius 2 is 2.35 bits per heavy atom. The molecule has 0 saturated carbocycles. The van der Waals surface area contributed by atoms with Gasteiger partial charge in [-0.3, -0.25) is 0 Å². The first kappa shape index (κ1) is 11.9. The van der Waals surface area contributed by atoms with Gasteiger partial charge in [-0.2, -0.15) is 5.26 Å². The molecule has 0 spiro atoms. The predicted molar refractivity (Wildman–Crippen MR) is 63.1 cm³/mol. The molecular weight excluding hydrogens is 219 g/mol. The Kier molecular flexibility index (Phi) is 3.60. The molecule has 1 heterocycles. The molecule has 0 bridgehead atoms. The third kappa shape index (κ3) is 2.56. The van der Waals surface area contributed by atoms with Crippen LogP contribution in [0.3, 0.4) is 0 Å². The van der Waals surface area contributed by atoms with Crippen LogP contribution in [0.15, 0.2) is 18.2 Å². The van der Waals surface area contributed by atoms with Crippen LogP contribution >= 0.6 is 0 Å². The van der Waals surface area contributed by atoms with Crippen molar-refractivity contribution in [1.82, 2.24) is 0 Å². The van der Waals surface area contributed by atoms with Gasteiger partial charge in [0.15, 0.2) is 0 Å². The van der Waals surface area contributed by atoms with E-state index in [0.717, 1.165) is 19.4 Å². The van der Waals surface area contributed by atoms with Crippen molar-refractivity contribution in [2.75, 3.05) is 24.6 Å². The summed E-state index contributed by atoms with van der Waals surface area (Å²) in [6, 6.07) is 6.45. The highest BCUT2D eigenvalue weighted by atomic mass is 19.1. The smallest absolute Gasteiger partial charge is 0.147 e. The van der Waals surface area contributed by atoms with Gasteiger partial charge >= 0.3 is 0 Å². The lowest BCUT2D eigenvalue weighted by Gasteiger charge is -2.33. The number of rotatable bonds is 2. The number of aliphatic hydroxyl groups excluding tert-OH is 1. The van der Waals surface area contributed by atoms with Gasteiger partial charge in [-0.15, -0.1) is 0 Å². The summed E-state index contributed by atoms with van der Waals surface area (Å²) in [6.45, 7) is 1.63. The molecule has 0 amide bonds. The molecule has 90 valence electrons. The second-order valence-corrected chi connectivity index (χ2v) is 4.41. The summed E-state index contributed by atoms with van der Waals surface area (Å²) in [5, 5.41) is 17.8. The fourth-order valence-corrected chi connectivity index (χ4v) is 2.27. The molecule has 1 aliphatic heterocycles. The predicted octanol–water partition coefficient (Wildman–Crippen LogP) is 1.91. The van der Waals surface area contributed by atoms with Crippen molar-refractivity contribution in [2.45, 2.75) is 12.8 Å². The Labute approximate surface area is 100 Å². The number of piperidine rings is 1. The fourth-order valence-electron chi connectivity index (χ4n) is 2.27. The van der Waals surface area contributed by atoms with Crippen molar-refractivity contribution in [1.29, 1.82) is 5.26 Å². The third-order valence-corrected chi connectivity index (χ3v) is 3.19. The van der Waals surface area contributed by atoms with Crippen LogP contribution in [-0.2, 0) is 0 Å². The number of aliphatic hydroxyl groups is 1. The standard InChI is InChI=1S/C13H15FN2O/c14-12-6-10(7-15)3-4-13(12)16-5-1-2-11(8-16)9-17/h3-4,6,11,17H,1-2,5,8-9H2. The molecule has 17 heavy (non-hydrogen) atoms. The monoisotopic (exact) mass is 234 g/mol. The molecule has 1 fully saturated rings. The van der Waals surface area contributed by atoms with Gasteiger partial charge in [0.05, 0.1) is 17.3 Å². The van der Waals surface area contributed by atoms with Crippen LogP contribution < -0.4 is 4.90 Å². The Bertz CT molecular complexity index is 442. The molecule has 4 heteroatoms. The molecule has 0 aliphatic carbocycles. The minimum Gasteiger partial charge on any atom is -0.396 e. The van der Waals surface area contributed by atoms with Gasteiger partial charge in [0.1, 0.15) is 5.82 Å². The van der Waals surface area contributed by atoms with Gasteiger partial charge in [0.25, 0.3) is 0 Å². The summed E-state index contributed by atoms with van der Waals surface area (Å²) >= 11 is 0. The summed E-state index contributed by atoms with van der Waals surface area (Å²) in [7, 11) is 0. The minimum absolute atomic E-state index is 0.147. The summed E-state index contributed by atoms with van der Waals surface area (Å²) in [5.74, 6) is -0.138. The number of hydrogen-bond donors (Lipinski definition) is 1. The fraction of sp³-hybridized carbons (Fsp3) is 0.462. The van der Waals surface area contributed by atoms with E-state index < -0.39 is 0 Å². The molecular formula is C13H15FN2O. The quantitative estimate of drug-likeness (QED) is 0.850. The summed E-state index contributed by atoms with van der Waals surface area (Å²) < 4.78 is 13.8. The molecule has 1 N–H and O–H groups in total. The van der Waals surface area contributed by atoms with Gasteiger partial charge in [-0.1, -0.05) is 0 Å². The number of nitriles is 1. The molecule has 1 aromatic carbocycles. The first-order valence-corrected chi connectivity index (χ1v) is 5.80. The summed E-state index contributed by atoms with van der Waals surface area (Å²) in [5.41, 5.74) is 0.865. The van der Waals surface area contributed by atoms with Crippen LogP contribution in [0.2, 0.25) is 0 Å². The molecule has 1 aliphatic rings. The van der Waals surface area contributed by atoms with Crippen molar-refractivity contribution < 1.29 is 9.50 Å². The number of halogens is 1. The lowest BCUT2D eigenvalue weighted by molar-refractivity contribution is 0.208. The van der Waals surface area contributed by atoms with Crippen molar-refractivity contribution >= 4 is 5.69 Å². The molecule has 1 saturated heterocycles. The topological polar surface area (TPSA) is 47.3 Å². The SMILES string of the molecule is N#Cc1ccc(N2CCCC(CO)C2)c(F)c1. The molecule has 1 unspecified atom stereocenters. The van der Waals surface area contributed by atoms with Crippen LogP contribution in [0.4, 0.5) is 10.1 Å². The van der Waals surface area contributed by atoms with E-state index in [4.69, 9.17) is 10.4 Å². The number of hydrogen-bond acceptors (Lipinski definition) is 3. The third-order valence-electron chi connectivity index (χ3n) is 3.19. The highest BCUT2D eigenvalue weighted by Gasteiger charge is 2.21. The average molecular weight is 234 g/mol. The Morgan fingerprint density at radius 3 is 3.00 bits per heavy atom. The first-order valence-electron chi connectivity index (χ1n) is 5.80. The van der Waals surface area contributed by atoms with Crippen LogP contribution in [0, 0.1) is 23.1 Å². The number of benzene rings is 1. The number of anilines is 1. The lowest BCUT2D eigenvalue weighted by atomic mass is 9.98. The Morgan fingerprint density at radius 1 is 1.53 bits per heavy atom. The van der Waals surface area contributed by atoms with Crippen LogP contribution in [0.25, 0.3) is 0 Å². The van der Waals surface area contributed by atoms with E-state index in [1.54, 1.807) is 12.1 Å². The van der Waals surface area contributed by atoms with Gasteiger partial charge in [-0.05, 0) is 37.0 Å². The van der Waals surface area contributed by atoms with Crippen molar-refractivity contribution in [3.05, 3.63) is 29.6 Å². The minimum atomic E-state index is -0.359.